The van der Waals surface area contributed by atoms with Crippen LogP contribution in [0.3, 0.4) is 0 Å². The van der Waals surface area contributed by atoms with Crippen LogP contribution in [0.25, 0.3) is 10.8 Å². The third-order valence-electron chi connectivity index (χ3n) is 7.93. The number of rotatable bonds is 3. The Morgan fingerprint density at radius 2 is 1.48 bits per heavy atom. The zero-order valence-corrected chi connectivity index (χ0v) is 17.8. The molecule has 0 aromatic heterocycles. The molecule has 0 N–H and O–H groups in total. The minimum absolute atomic E-state index is 0.130. The van der Waals surface area contributed by atoms with E-state index in [0.717, 1.165) is 17.2 Å². The van der Waals surface area contributed by atoms with Crippen molar-refractivity contribution in [1.82, 2.24) is 0 Å². The van der Waals surface area contributed by atoms with Crippen LogP contribution in [-0.2, 0) is 9.59 Å². The Morgan fingerprint density at radius 3 is 2.21 bits per heavy atom. The molecular formula is C28H21NO4. The summed E-state index contributed by atoms with van der Waals surface area (Å²) in [6.07, 6.45) is 5.45. The highest BCUT2D eigenvalue weighted by molar-refractivity contribution is 6.23. The lowest BCUT2D eigenvalue weighted by Crippen LogP contribution is -2.40. The average Bonchev–Trinajstić information content (AvgIpc) is 3.62. The number of carbonyl (C=O) groups excluding carboxylic acids is 3. The first-order valence-corrected chi connectivity index (χ1v) is 11.5. The van der Waals surface area contributed by atoms with Gasteiger partial charge in [0.1, 0.15) is 5.75 Å². The summed E-state index contributed by atoms with van der Waals surface area (Å²) in [4.78, 5) is 40.9. The van der Waals surface area contributed by atoms with E-state index in [4.69, 9.17) is 4.74 Å². The minimum Gasteiger partial charge on any atom is -0.423 e. The van der Waals surface area contributed by atoms with E-state index in [1.54, 1.807) is 30.3 Å². The Morgan fingerprint density at radius 1 is 0.788 bits per heavy atom. The number of esters is 1. The molecule has 3 fully saturated rings. The third-order valence-corrected chi connectivity index (χ3v) is 7.93. The smallest absolute Gasteiger partial charge is 0.343 e. The van der Waals surface area contributed by atoms with Crippen molar-refractivity contribution < 1.29 is 19.1 Å². The van der Waals surface area contributed by atoms with Gasteiger partial charge in [-0.2, -0.15) is 0 Å². The molecule has 2 amide bonds. The Bertz CT molecular complexity index is 1360. The van der Waals surface area contributed by atoms with Gasteiger partial charge >= 0.3 is 5.97 Å². The van der Waals surface area contributed by atoms with Gasteiger partial charge in [0, 0.05) is 0 Å². The quantitative estimate of drug-likeness (QED) is 0.261. The van der Waals surface area contributed by atoms with E-state index in [1.165, 1.54) is 4.90 Å². The van der Waals surface area contributed by atoms with Gasteiger partial charge < -0.3 is 4.74 Å². The lowest BCUT2D eigenvalue weighted by molar-refractivity contribution is -0.124. The van der Waals surface area contributed by atoms with Crippen LogP contribution in [0.1, 0.15) is 16.8 Å². The van der Waals surface area contributed by atoms with E-state index in [0.29, 0.717) is 28.8 Å². The summed E-state index contributed by atoms with van der Waals surface area (Å²) in [7, 11) is 0. The molecule has 6 atom stereocenters. The topological polar surface area (TPSA) is 63.7 Å². The molecule has 0 unspecified atom stereocenters. The number of nitrogens with zero attached hydrogens (tertiary/aromatic N) is 1. The van der Waals surface area contributed by atoms with E-state index in [1.807, 2.05) is 36.4 Å². The SMILES string of the molecule is O=C(Oc1ccc2ccccc2c1)c1cccc(N2C(=O)[C@H]3[C@@H]4C=C[C@@H]([C@H]5C[C@H]45)[C@@H]3C2=O)c1. The second-order valence-corrected chi connectivity index (χ2v) is 9.62. The number of anilines is 1. The molecule has 2 saturated carbocycles. The minimum atomic E-state index is -0.522. The predicted molar refractivity (Wildman–Crippen MR) is 123 cm³/mol. The number of benzene rings is 3. The Balaban J connectivity index is 1.17. The zero-order chi connectivity index (χ0) is 22.3. The fourth-order valence-electron chi connectivity index (χ4n) is 6.38. The van der Waals surface area contributed by atoms with Gasteiger partial charge in [-0.3, -0.25) is 9.59 Å². The third kappa shape index (κ3) is 2.68. The number of hydrogen-bond acceptors (Lipinski definition) is 4. The van der Waals surface area contributed by atoms with Crippen LogP contribution in [0.4, 0.5) is 5.69 Å². The molecule has 1 heterocycles. The van der Waals surface area contributed by atoms with Crippen LogP contribution in [0.2, 0.25) is 0 Å². The van der Waals surface area contributed by atoms with Crippen LogP contribution in [-0.4, -0.2) is 17.8 Å². The van der Waals surface area contributed by atoms with Crippen molar-refractivity contribution in [1.29, 1.82) is 0 Å². The fourth-order valence-corrected chi connectivity index (χ4v) is 6.38. The molecule has 0 radical (unpaired) electrons. The molecule has 162 valence electrons. The van der Waals surface area contributed by atoms with Gasteiger partial charge in [-0.05, 0) is 71.2 Å². The summed E-state index contributed by atoms with van der Waals surface area (Å²) >= 11 is 0. The van der Waals surface area contributed by atoms with Crippen molar-refractivity contribution in [3.63, 3.8) is 0 Å². The zero-order valence-electron chi connectivity index (χ0n) is 17.8. The molecule has 8 rings (SSSR count). The highest BCUT2D eigenvalue weighted by Gasteiger charge is 2.67. The van der Waals surface area contributed by atoms with Gasteiger partial charge in [0.05, 0.1) is 23.1 Å². The van der Waals surface area contributed by atoms with Gasteiger partial charge in [0.15, 0.2) is 0 Å². The van der Waals surface area contributed by atoms with Gasteiger partial charge in [0.2, 0.25) is 11.8 Å². The first-order valence-electron chi connectivity index (χ1n) is 11.5. The normalized spacial score (nSPS) is 31.0. The van der Waals surface area contributed by atoms with Gasteiger partial charge in [-0.25, -0.2) is 9.69 Å². The van der Waals surface area contributed by atoms with Crippen LogP contribution in [0, 0.1) is 35.5 Å². The van der Waals surface area contributed by atoms with Gasteiger partial charge in [-0.1, -0.05) is 48.6 Å². The molecule has 5 nitrogen and oxygen atoms in total. The number of amides is 2. The molecule has 3 aromatic carbocycles. The highest BCUT2D eigenvalue weighted by atomic mass is 16.5. The molecule has 33 heavy (non-hydrogen) atoms. The van der Waals surface area contributed by atoms with Crippen LogP contribution in [0.5, 0.6) is 5.75 Å². The van der Waals surface area contributed by atoms with E-state index in [9.17, 15) is 14.4 Å². The molecule has 0 spiro atoms. The predicted octanol–water partition coefficient (Wildman–Crippen LogP) is 4.62. The second-order valence-electron chi connectivity index (χ2n) is 9.62. The number of allylic oxidation sites excluding steroid dienone is 2. The van der Waals surface area contributed by atoms with Crippen LogP contribution < -0.4 is 9.64 Å². The van der Waals surface area contributed by atoms with Crippen molar-refractivity contribution in [2.75, 3.05) is 4.90 Å². The van der Waals surface area contributed by atoms with Crippen molar-refractivity contribution in [3.8, 4) is 5.75 Å². The lowest BCUT2D eigenvalue weighted by atomic mass is 9.63. The van der Waals surface area contributed by atoms with Crippen molar-refractivity contribution in [2.24, 2.45) is 35.5 Å². The molecule has 5 heteroatoms. The van der Waals surface area contributed by atoms with E-state index < -0.39 is 5.97 Å². The summed E-state index contributed by atoms with van der Waals surface area (Å²) in [5.74, 6) is 0.609. The summed E-state index contributed by atoms with van der Waals surface area (Å²) in [6.45, 7) is 0. The standard InChI is InChI=1S/C28H21NO4/c30-26-24-20-10-11-21(23-14-22(20)23)25(24)27(31)29(26)18-7-3-6-17(12-18)28(32)33-19-9-8-15-4-1-2-5-16(15)13-19/h1-13,20-25H,14H2/t20-,21+,22-,23-,24+,25+/m1/s1. The Hall–Kier alpha value is -3.73. The van der Waals surface area contributed by atoms with Crippen molar-refractivity contribution in [3.05, 3.63) is 84.4 Å². The molecule has 4 aliphatic carbocycles. The maximum Gasteiger partial charge on any atom is 0.343 e. The van der Waals surface area contributed by atoms with E-state index >= 15 is 0 Å². The van der Waals surface area contributed by atoms with Crippen molar-refractivity contribution in [2.45, 2.75) is 6.42 Å². The van der Waals surface area contributed by atoms with E-state index in [2.05, 4.69) is 12.2 Å². The molecule has 2 bridgehead atoms. The monoisotopic (exact) mass is 435 g/mol. The Labute approximate surface area is 190 Å². The van der Waals surface area contributed by atoms with Gasteiger partial charge in [-0.15, -0.1) is 0 Å². The number of imide groups is 1. The molecule has 3 aromatic rings. The van der Waals surface area contributed by atoms with Crippen LogP contribution >= 0.6 is 0 Å². The van der Waals surface area contributed by atoms with Crippen LogP contribution in [0.15, 0.2) is 78.9 Å². The molecule has 1 aliphatic heterocycles. The molecule has 5 aliphatic rings. The first kappa shape index (κ1) is 18.8. The summed E-state index contributed by atoms with van der Waals surface area (Å²) < 4.78 is 5.60. The summed E-state index contributed by atoms with van der Waals surface area (Å²) in [5, 5.41) is 2.04. The maximum atomic E-state index is 13.4. The average molecular weight is 435 g/mol. The second kappa shape index (κ2) is 6.64. The number of carbonyl (C=O) groups is 3. The number of fused-ring (bicyclic) bond motifs is 1. The highest BCUT2D eigenvalue weighted by Crippen LogP contribution is 2.65. The lowest BCUT2D eigenvalue weighted by Gasteiger charge is -2.37. The largest absolute Gasteiger partial charge is 0.423 e. The maximum absolute atomic E-state index is 13.4. The molecule has 1 saturated heterocycles. The summed E-state index contributed by atoms with van der Waals surface area (Å²) in [5.41, 5.74) is 0.750. The first-order chi connectivity index (χ1) is 16.1. The number of hydrogen-bond donors (Lipinski definition) is 0. The number of ether oxygens (including phenoxy) is 1. The Kier molecular flexibility index (Phi) is 3.78. The fraction of sp³-hybridized carbons (Fsp3) is 0.250. The van der Waals surface area contributed by atoms with E-state index in [-0.39, 0.29) is 35.5 Å². The van der Waals surface area contributed by atoms with Gasteiger partial charge in [0.25, 0.3) is 0 Å². The summed E-state index contributed by atoms with van der Waals surface area (Å²) in [6, 6.07) is 20.0. The molecular weight excluding hydrogens is 414 g/mol. The van der Waals surface area contributed by atoms with Crippen molar-refractivity contribution >= 4 is 34.2 Å².